The van der Waals surface area contributed by atoms with E-state index in [-0.39, 0.29) is 17.2 Å². The maximum absolute atomic E-state index is 13.3. The molecule has 2 fully saturated rings. The number of nitrogens with zero attached hydrogens (tertiary/aromatic N) is 6. The first-order chi connectivity index (χ1) is 14.4. The molecule has 1 aromatic carbocycles. The van der Waals surface area contributed by atoms with Crippen molar-refractivity contribution >= 4 is 34.9 Å². The van der Waals surface area contributed by atoms with Gasteiger partial charge in [-0.3, -0.25) is 0 Å². The number of likely N-dealkylation sites (tertiary alicyclic amines) is 1. The summed E-state index contributed by atoms with van der Waals surface area (Å²) in [7, 11) is 0. The first kappa shape index (κ1) is 19.3. The number of piperidine rings is 1. The van der Waals surface area contributed by atoms with Crippen LogP contribution in [-0.2, 0) is 5.54 Å². The molecule has 3 aromatic rings. The zero-order chi connectivity index (χ0) is 21.0. The summed E-state index contributed by atoms with van der Waals surface area (Å²) < 4.78 is 5.74. The van der Waals surface area contributed by atoms with E-state index < -0.39 is 5.54 Å². The SMILES string of the molecule is Cc1nnc([C@@]23C[C@@H](C)C[C@@H](C2)N3C(=O)Nc2ccc(Cl)c(-n3ncc(Cl)n3)c2)o1. The van der Waals surface area contributed by atoms with Gasteiger partial charge in [0.15, 0.2) is 5.15 Å². The summed E-state index contributed by atoms with van der Waals surface area (Å²) >= 11 is 12.1. The second-order valence-electron chi connectivity index (χ2n) is 7.98. The van der Waals surface area contributed by atoms with Gasteiger partial charge in [-0.25, -0.2) is 4.79 Å². The molecule has 5 rings (SSSR count). The molecule has 0 unspecified atom stereocenters. The molecule has 1 saturated carbocycles. The fraction of sp³-hybridized carbons (Fsp3) is 0.421. The second kappa shape index (κ2) is 6.95. The van der Waals surface area contributed by atoms with Crippen molar-refractivity contribution in [2.24, 2.45) is 5.92 Å². The van der Waals surface area contributed by atoms with Gasteiger partial charge in [-0.15, -0.1) is 20.1 Å². The first-order valence-electron chi connectivity index (χ1n) is 9.64. The second-order valence-corrected chi connectivity index (χ2v) is 8.78. The van der Waals surface area contributed by atoms with Crippen molar-refractivity contribution in [3.63, 3.8) is 0 Å². The Kier molecular flexibility index (Phi) is 4.48. The molecular formula is C19H19Cl2N7O2. The number of halogens is 2. The van der Waals surface area contributed by atoms with E-state index >= 15 is 0 Å². The van der Waals surface area contributed by atoms with Crippen LogP contribution in [0.3, 0.4) is 0 Å². The maximum Gasteiger partial charge on any atom is 0.323 e. The van der Waals surface area contributed by atoms with Gasteiger partial charge in [0.25, 0.3) is 0 Å². The summed E-state index contributed by atoms with van der Waals surface area (Å²) in [6.07, 6.45) is 3.99. The van der Waals surface area contributed by atoms with Crippen LogP contribution in [0, 0.1) is 12.8 Å². The molecule has 1 aliphatic carbocycles. The number of anilines is 1. The minimum Gasteiger partial charge on any atom is -0.423 e. The maximum atomic E-state index is 13.3. The standard InChI is InChI=1S/C19H19Cl2N7O2/c1-10-5-13-8-19(7-10,17-25-24-11(2)30-17)27(13)18(29)23-12-3-4-14(20)15(6-12)28-22-9-16(21)26-28/h3-4,6,9-10,13H,5,7-8H2,1-2H3,(H,23,29)/t10-,13-,19+/m0/s1. The molecule has 1 saturated heterocycles. The van der Waals surface area contributed by atoms with E-state index in [1.54, 1.807) is 25.1 Å². The highest BCUT2D eigenvalue weighted by Gasteiger charge is 2.62. The van der Waals surface area contributed by atoms with Crippen molar-refractivity contribution in [3.05, 3.63) is 46.4 Å². The fourth-order valence-electron chi connectivity index (χ4n) is 4.72. The van der Waals surface area contributed by atoms with Gasteiger partial charge in [0, 0.05) is 25.1 Å². The van der Waals surface area contributed by atoms with Crippen LogP contribution in [0.5, 0.6) is 0 Å². The zero-order valence-corrected chi connectivity index (χ0v) is 17.9. The number of amides is 2. The van der Waals surface area contributed by atoms with Crippen LogP contribution < -0.4 is 5.32 Å². The van der Waals surface area contributed by atoms with Crippen molar-refractivity contribution in [2.45, 2.75) is 44.7 Å². The number of aryl methyl sites for hydroxylation is 1. The van der Waals surface area contributed by atoms with E-state index in [9.17, 15) is 4.79 Å². The van der Waals surface area contributed by atoms with Gasteiger partial charge < -0.3 is 14.6 Å². The molecular weight excluding hydrogens is 429 g/mol. The van der Waals surface area contributed by atoms with Crippen LogP contribution in [0.2, 0.25) is 10.2 Å². The molecule has 3 atom stereocenters. The Balaban J connectivity index is 1.43. The van der Waals surface area contributed by atoms with Crippen LogP contribution >= 0.6 is 23.2 Å². The van der Waals surface area contributed by atoms with E-state index in [1.807, 2.05) is 4.90 Å². The van der Waals surface area contributed by atoms with Crippen molar-refractivity contribution < 1.29 is 9.21 Å². The quantitative estimate of drug-likeness (QED) is 0.645. The summed E-state index contributed by atoms with van der Waals surface area (Å²) in [5.41, 5.74) is 0.531. The van der Waals surface area contributed by atoms with E-state index in [0.29, 0.717) is 34.1 Å². The Morgan fingerprint density at radius 3 is 2.83 bits per heavy atom. The fourth-order valence-corrected chi connectivity index (χ4v) is 5.03. The topological polar surface area (TPSA) is 102 Å². The van der Waals surface area contributed by atoms with Crippen molar-refractivity contribution in [1.82, 2.24) is 30.1 Å². The molecule has 2 aliphatic rings. The highest BCUT2D eigenvalue weighted by Crippen LogP contribution is 2.55. The minimum atomic E-state index is -0.556. The lowest BCUT2D eigenvalue weighted by atomic mass is 9.64. The van der Waals surface area contributed by atoms with Gasteiger partial charge >= 0.3 is 6.03 Å². The minimum absolute atomic E-state index is 0.138. The number of urea groups is 1. The number of hydrogen-bond donors (Lipinski definition) is 1. The van der Waals surface area contributed by atoms with Gasteiger partial charge in [-0.1, -0.05) is 30.1 Å². The molecule has 3 heterocycles. The van der Waals surface area contributed by atoms with Crippen LogP contribution in [0.4, 0.5) is 10.5 Å². The highest BCUT2D eigenvalue weighted by molar-refractivity contribution is 6.32. The Bertz CT molecular complexity index is 1130. The predicted molar refractivity (Wildman–Crippen MR) is 110 cm³/mol. The van der Waals surface area contributed by atoms with E-state index in [2.05, 4.69) is 32.6 Å². The van der Waals surface area contributed by atoms with E-state index in [0.717, 1.165) is 19.3 Å². The number of carbonyl (C=O) groups excluding carboxylic acids is 1. The number of fused-ring (bicyclic) bond motifs is 2. The summed E-state index contributed by atoms with van der Waals surface area (Å²) in [5, 5.41) is 20.0. The number of carbonyl (C=O) groups is 1. The van der Waals surface area contributed by atoms with Gasteiger partial charge in [-0.05, 0) is 37.0 Å². The normalized spacial score (nSPS) is 25.1. The van der Waals surface area contributed by atoms with Crippen LogP contribution in [0.15, 0.2) is 28.8 Å². The molecule has 9 nitrogen and oxygen atoms in total. The average Bonchev–Trinajstić information content (AvgIpc) is 3.31. The summed E-state index contributed by atoms with van der Waals surface area (Å²) in [6.45, 7) is 3.94. The molecule has 2 bridgehead atoms. The summed E-state index contributed by atoms with van der Waals surface area (Å²) in [4.78, 5) is 16.4. The lowest BCUT2D eigenvalue weighted by Crippen LogP contribution is -2.70. The molecule has 0 spiro atoms. The van der Waals surface area contributed by atoms with E-state index in [4.69, 9.17) is 27.6 Å². The Morgan fingerprint density at radius 2 is 2.13 bits per heavy atom. The third-order valence-corrected chi connectivity index (χ3v) is 6.27. The molecule has 11 heteroatoms. The van der Waals surface area contributed by atoms with Crippen LogP contribution in [-0.4, -0.2) is 42.2 Å². The van der Waals surface area contributed by atoms with Gasteiger partial charge in [0.2, 0.25) is 11.8 Å². The Morgan fingerprint density at radius 1 is 1.30 bits per heavy atom. The van der Waals surface area contributed by atoms with Crippen molar-refractivity contribution in [1.29, 1.82) is 0 Å². The monoisotopic (exact) mass is 447 g/mol. The number of nitrogens with one attached hydrogen (secondary N) is 1. The van der Waals surface area contributed by atoms with Crippen LogP contribution in [0.25, 0.3) is 5.69 Å². The Labute approximate surface area is 182 Å². The van der Waals surface area contributed by atoms with Gasteiger partial charge in [0.05, 0.1) is 11.2 Å². The van der Waals surface area contributed by atoms with E-state index in [1.165, 1.54) is 11.0 Å². The molecule has 2 aromatic heterocycles. The smallest absolute Gasteiger partial charge is 0.323 e. The predicted octanol–water partition coefficient (Wildman–Crippen LogP) is 4.20. The largest absolute Gasteiger partial charge is 0.423 e. The number of benzene rings is 1. The molecule has 156 valence electrons. The molecule has 0 radical (unpaired) electrons. The van der Waals surface area contributed by atoms with Crippen molar-refractivity contribution in [3.8, 4) is 5.69 Å². The third kappa shape index (κ3) is 3.04. The number of aromatic nitrogens is 5. The number of hydrogen-bond acceptors (Lipinski definition) is 6. The molecule has 1 aliphatic heterocycles. The summed E-state index contributed by atoms with van der Waals surface area (Å²) in [5.74, 6) is 1.47. The average molecular weight is 448 g/mol. The third-order valence-electron chi connectivity index (χ3n) is 5.78. The number of rotatable bonds is 3. The molecule has 2 amide bonds. The lowest BCUT2D eigenvalue weighted by Gasteiger charge is -2.61. The van der Waals surface area contributed by atoms with Crippen molar-refractivity contribution in [2.75, 3.05) is 5.32 Å². The van der Waals surface area contributed by atoms with Gasteiger partial charge in [0.1, 0.15) is 11.2 Å². The zero-order valence-electron chi connectivity index (χ0n) is 16.3. The molecule has 1 N–H and O–H groups in total. The highest BCUT2D eigenvalue weighted by atomic mass is 35.5. The first-order valence-corrected chi connectivity index (χ1v) is 10.4. The lowest BCUT2D eigenvalue weighted by molar-refractivity contribution is -0.110. The summed E-state index contributed by atoms with van der Waals surface area (Å²) in [6, 6.07) is 5.04. The Hall–Kier alpha value is -2.65. The van der Waals surface area contributed by atoms with Crippen LogP contribution in [0.1, 0.15) is 38.0 Å². The molecule has 30 heavy (non-hydrogen) atoms. The van der Waals surface area contributed by atoms with Gasteiger partial charge in [-0.2, -0.15) is 5.10 Å².